The number of esters is 1. The lowest BCUT2D eigenvalue weighted by atomic mass is 10.2. The van der Waals surface area contributed by atoms with Crippen LogP contribution in [0.2, 0.25) is 0 Å². The molecule has 0 aromatic heterocycles. The maximum atomic E-state index is 12.1. The molecule has 0 saturated heterocycles. The predicted molar refractivity (Wildman–Crippen MR) is 63.0 cm³/mol. The molecule has 0 bridgehead atoms. The molecule has 0 fully saturated rings. The Balaban J connectivity index is 2.79. The van der Waals surface area contributed by atoms with Crippen molar-refractivity contribution in [2.24, 2.45) is 0 Å². The van der Waals surface area contributed by atoms with Gasteiger partial charge in [0.1, 0.15) is 12.4 Å². The zero-order valence-corrected chi connectivity index (χ0v) is 11.3. The highest BCUT2D eigenvalue weighted by atomic mass is 79.9. The van der Waals surface area contributed by atoms with E-state index in [1.54, 1.807) is 0 Å². The molecule has 0 heterocycles. The number of aliphatic hydroxyl groups is 1. The Hall–Kier alpha value is -1.28. The van der Waals surface area contributed by atoms with Crippen molar-refractivity contribution in [3.63, 3.8) is 0 Å². The molecule has 19 heavy (non-hydrogen) atoms. The monoisotopic (exact) mass is 342 g/mol. The number of methoxy groups -OCH3 is 1. The number of aliphatic hydroxyl groups excluding tert-OH is 1. The summed E-state index contributed by atoms with van der Waals surface area (Å²) in [5, 5.41) is 8.79. The van der Waals surface area contributed by atoms with Crippen LogP contribution in [0.25, 0.3) is 0 Å². The van der Waals surface area contributed by atoms with Crippen LogP contribution in [0.4, 0.5) is 13.2 Å². The van der Waals surface area contributed by atoms with Gasteiger partial charge in [0.2, 0.25) is 0 Å². The Morgan fingerprint density at radius 1 is 1.42 bits per heavy atom. The second-order valence-electron chi connectivity index (χ2n) is 3.54. The number of hydrogen-bond donors (Lipinski definition) is 1. The van der Waals surface area contributed by atoms with Gasteiger partial charge in [0.05, 0.1) is 12.7 Å². The van der Waals surface area contributed by atoms with E-state index >= 15 is 0 Å². The molecule has 1 rings (SSSR count). The van der Waals surface area contributed by atoms with Crippen LogP contribution in [-0.2, 0) is 4.74 Å². The molecule has 0 saturated carbocycles. The van der Waals surface area contributed by atoms with Gasteiger partial charge in [-0.05, 0) is 18.2 Å². The number of carbonyl (C=O) groups excluding carboxylic acids is 1. The van der Waals surface area contributed by atoms with Crippen molar-refractivity contribution >= 4 is 21.9 Å². The summed E-state index contributed by atoms with van der Waals surface area (Å²) in [5.41, 5.74) is 0.119. The van der Waals surface area contributed by atoms with Gasteiger partial charge in [-0.25, -0.2) is 4.79 Å². The molecular weight excluding hydrogens is 333 g/mol. The van der Waals surface area contributed by atoms with Gasteiger partial charge in [0.25, 0.3) is 0 Å². The standard InChI is InChI=1S/C11H10BrF3O4/c1-18-10(17)6-2-7(12)4-8(3-6)19-5-9(16)11(13,14)15/h2-4,9,16H,5H2,1H3. The molecule has 1 N–H and O–H groups in total. The van der Waals surface area contributed by atoms with Crippen LogP contribution in [0.15, 0.2) is 22.7 Å². The van der Waals surface area contributed by atoms with Crippen LogP contribution in [-0.4, -0.2) is 37.1 Å². The Morgan fingerprint density at radius 2 is 2.05 bits per heavy atom. The molecule has 1 unspecified atom stereocenters. The van der Waals surface area contributed by atoms with Crippen LogP contribution in [0, 0.1) is 0 Å². The van der Waals surface area contributed by atoms with Gasteiger partial charge in [-0.3, -0.25) is 0 Å². The number of ether oxygens (including phenoxy) is 2. The average molecular weight is 343 g/mol. The van der Waals surface area contributed by atoms with E-state index < -0.39 is 24.9 Å². The molecule has 0 aliphatic rings. The van der Waals surface area contributed by atoms with Gasteiger partial charge < -0.3 is 14.6 Å². The third kappa shape index (κ3) is 4.71. The lowest BCUT2D eigenvalue weighted by Gasteiger charge is -2.15. The minimum atomic E-state index is -4.75. The summed E-state index contributed by atoms with van der Waals surface area (Å²) in [6.45, 7) is -0.958. The second kappa shape index (κ2) is 6.25. The molecule has 1 atom stereocenters. The van der Waals surface area contributed by atoms with Crippen molar-refractivity contribution in [1.29, 1.82) is 0 Å². The Morgan fingerprint density at radius 3 is 2.58 bits per heavy atom. The minimum Gasteiger partial charge on any atom is -0.490 e. The van der Waals surface area contributed by atoms with Crippen molar-refractivity contribution in [3.8, 4) is 5.75 Å². The normalized spacial score (nSPS) is 12.9. The Bertz CT molecular complexity index is 462. The number of alkyl halides is 3. The number of benzene rings is 1. The van der Waals surface area contributed by atoms with Crippen LogP contribution < -0.4 is 4.74 Å². The summed E-state index contributed by atoms with van der Waals surface area (Å²) < 4.78 is 46.0. The van der Waals surface area contributed by atoms with Crippen molar-refractivity contribution < 1.29 is 32.5 Å². The van der Waals surface area contributed by atoms with E-state index in [1.807, 2.05) is 0 Å². The summed E-state index contributed by atoms with van der Waals surface area (Å²) in [6.07, 6.45) is -7.34. The van der Waals surface area contributed by atoms with E-state index in [1.165, 1.54) is 25.3 Å². The first-order valence-electron chi connectivity index (χ1n) is 5.00. The molecule has 0 spiro atoms. The molecule has 0 aliphatic carbocycles. The number of rotatable bonds is 4. The first-order valence-corrected chi connectivity index (χ1v) is 5.80. The Labute approximate surface area is 115 Å². The predicted octanol–water partition coefficient (Wildman–Crippen LogP) is 2.54. The van der Waals surface area contributed by atoms with Crippen LogP contribution in [0.5, 0.6) is 5.75 Å². The van der Waals surface area contributed by atoms with E-state index in [0.717, 1.165) is 0 Å². The molecular formula is C11H10BrF3O4. The molecule has 1 aromatic carbocycles. The maximum absolute atomic E-state index is 12.1. The van der Waals surface area contributed by atoms with Crippen molar-refractivity contribution in [2.75, 3.05) is 13.7 Å². The van der Waals surface area contributed by atoms with E-state index in [-0.39, 0.29) is 11.3 Å². The smallest absolute Gasteiger partial charge is 0.417 e. The fourth-order valence-electron chi connectivity index (χ4n) is 1.15. The molecule has 0 radical (unpaired) electrons. The van der Waals surface area contributed by atoms with Gasteiger partial charge in [-0.2, -0.15) is 13.2 Å². The molecule has 0 aliphatic heterocycles. The van der Waals surface area contributed by atoms with Gasteiger partial charge in [-0.1, -0.05) is 15.9 Å². The maximum Gasteiger partial charge on any atom is 0.417 e. The summed E-state index contributed by atoms with van der Waals surface area (Å²) in [7, 11) is 1.18. The van der Waals surface area contributed by atoms with Gasteiger partial charge in [-0.15, -0.1) is 0 Å². The van der Waals surface area contributed by atoms with Crippen LogP contribution in [0.3, 0.4) is 0 Å². The number of hydrogen-bond acceptors (Lipinski definition) is 4. The first kappa shape index (κ1) is 15.8. The lowest BCUT2D eigenvalue weighted by Crippen LogP contribution is -2.34. The summed E-state index contributed by atoms with van der Waals surface area (Å²) >= 11 is 3.08. The van der Waals surface area contributed by atoms with Gasteiger partial charge in [0.15, 0.2) is 6.10 Å². The largest absolute Gasteiger partial charge is 0.490 e. The van der Waals surface area contributed by atoms with Crippen LogP contribution >= 0.6 is 15.9 Å². The number of carbonyl (C=O) groups is 1. The minimum absolute atomic E-state index is 0.0121. The SMILES string of the molecule is COC(=O)c1cc(Br)cc(OCC(O)C(F)(F)F)c1. The third-order valence-corrected chi connectivity index (χ3v) is 2.54. The van der Waals surface area contributed by atoms with E-state index in [4.69, 9.17) is 9.84 Å². The fourth-order valence-corrected chi connectivity index (χ4v) is 1.62. The molecule has 0 amide bonds. The van der Waals surface area contributed by atoms with Crippen molar-refractivity contribution in [2.45, 2.75) is 12.3 Å². The third-order valence-electron chi connectivity index (χ3n) is 2.08. The highest BCUT2D eigenvalue weighted by Gasteiger charge is 2.38. The molecule has 8 heteroatoms. The molecule has 4 nitrogen and oxygen atoms in total. The number of halogens is 4. The van der Waals surface area contributed by atoms with E-state index in [2.05, 4.69) is 20.7 Å². The van der Waals surface area contributed by atoms with Gasteiger partial charge in [0, 0.05) is 4.47 Å². The fraction of sp³-hybridized carbons (Fsp3) is 0.364. The summed E-state index contributed by atoms with van der Waals surface area (Å²) in [4.78, 5) is 11.3. The van der Waals surface area contributed by atoms with Gasteiger partial charge >= 0.3 is 12.1 Å². The van der Waals surface area contributed by atoms with E-state index in [9.17, 15) is 18.0 Å². The van der Waals surface area contributed by atoms with E-state index in [0.29, 0.717) is 4.47 Å². The lowest BCUT2D eigenvalue weighted by molar-refractivity contribution is -0.210. The quantitative estimate of drug-likeness (QED) is 0.854. The topological polar surface area (TPSA) is 55.8 Å². The Kier molecular flexibility index (Phi) is 5.19. The average Bonchev–Trinajstić information content (AvgIpc) is 2.33. The van der Waals surface area contributed by atoms with Crippen LogP contribution in [0.1, 0.15) is 10.4 Å². The van der Waals surface area contributed by atoms with Crippen molar-refractivity contribution in [1.82, 2.24) is 0 Å². The molecule has 106 valence electrons. The summed E-state index contributed by atoms with van der Waals surface area (Å²) in [5.74, 6) is -0.638. The zero-order chi connectivity index (χ0) is 14.6. The highest BCUT2D eigenvalue weighted by Crippen LogP contribution is 2.24. The first-order chi connectivity index (χ1) is 8.74. The second-order valence-corrected chi connectivity index (χ2v) is 4.45. The molecule has 1 aromatic rings. The summed E-state index contributed by atoms with van der Waals surface area (Å²) in [6, 6.07) is 4.02. The zero-order valence-electron chi connectivity index (χ0n) is 9.70. The highest BCUT2D eigenvalue weighted by molar-refractivity contribution is 9.10. The van der Waals surface area contributed by atoms with Crippen molar-refractivity contribution in [3.05, 3.63) is 28.2 Å².